The Balaban J connectivity index is 1.71. The van der Waals surface area contributed by atoms with Gasteiger partial charge in [0.15, 0.2) is 6.61 Å². The molecule has 136 valence electrons. The van der Waals surface area contributed by atoms with Crippen molar-refractivity contribution in [2.45, 2.75) is 6.54 Å². The van der Waals surface area contributed by atoms with Crippen LogP contribution in [0.4, 0.5) is 0 Å². The topological polar surface area (TPSA) is 75.7 Å². The molecular weight excluding hydrogens is 356 g/mol. The van der Waals surface area contributed by atoms with Crippen LogP contribution in [-0.2, 0) is 20.9 Å². The van der Waals surface area contributed by atoms with Crippen LogP contribution in [-0.4, -0.2) is 42.9 Å². The summed E-state index contributed by atoms with van der Waals surface area (Å²) < 4.78 is 4.90. The summed E-state index contributed by atoms with van der Waals surface area (Å²) in [4.78, 5) is 37.0. The zero-order valence-corrected chi connectivity index (χ0v) is 15.0. The third-order valence-corrected chi connectivity index (χ3v) is 3.80. The molecule has 0 aliphatic heterocycles. The molecule has 6 nitrogen and oxygen atoms in total. The Morgan fingerprint density at radius 2 is 1.69 bits per heavy atom. The lowest BCUT2D eigenvalue weighted by molar-refractivity contribution is -0.150. The van der Waals surface area contributed by atoms with E-state index in [0.29, 0.717) is 17.1 Å². The van der Waals surface area contributed by atoms with Gasteiger partial charge in [0.05, 0.1) is 0 Å². The molecule has 0 saturated carbocycles. The molecule has 2 rings (SSSR count). The number of halogens is 1. The van der Waals surface area contributed by atoms with E-state index >= 15 is 0 Å². The van der Waals surface area contributed by atoms with Crippen molar-refractivity contribution in [3.05, 3.63) is 70.7 Å². The number of likely N-dealkylation sites (N-methyl/N-ethyl adjacent to an activating group) is 1. The van der Waals surface area contributed by atoms with Crippen molar-refractivity contribution in [2.75, 3.05) is 20.2 Å². The quantitative estimate of drug-likeness (QED) is 0.754. The fraction of sp³-hybridized carbons (Fsp3) is 0.211. The van der Waals surface area contributed by atoms with Gasteiger partial charge in [-0.25, -0.2) is 0 Å². The molecule has 7 heteroatoms. The van der Waals surface area contributed by atoms with Crippen LogP contribution in [0.2, 0.25) is 5.02 Å². The minimum atomic E-state index is -0.686. The van der Waals surface area contributed by atoms with Crippen LogP contribution in [0.5, 0.6) is 0 Å². The number of carbonyl (C=O) groups is 3. The highest BCUT2D eigenvalue weighted by molar-refractivity contribution is 6.30. The SMILES string of the molecule is CN(Cc1ccccc1)C(=O)COC(=O)CNC(=O)c1ccc(Cl)cc1. The van der Waals surface area contributed by atoms with Crippen molar-refractivity contribution in [1.29, 1.82) is 0 Å². The third-order valence-electron chi connectivity index (χ3n) is 3.54. The molecular formula is C19H19ClN2O4. The van der Waals surface area contributed by atoms with E-state index in [4.69, 9.17) is 16.3 Å². The van der Waals surface area contributed by atoms with Crippen molar-refractivity contribution >= 4 is 29.4 Å². The zero-order chi connectivity index (χ0) is 18.9. The molecule has 0 unspecified atom stereocenters. The predicted octanol–water partition coefficient (Wildman–Crippen LogP) is 2.27. The Labute approximate surface area is 156 Å². The minimum absolute atomic E-state index is 0.322. The van der Waals surface area contributed by atoms with Crippen LogP contribution in [0, 0.1) is 0 Å². The smallest absolute Gasteiger partial charge is 0.325 e. The highest BCUT2D eigenvalue weighted by atomic mass is 35.5. The predicted molar refractivity (Wildman–Crippen MR) is 97.7 cm³/mol. The molecule has 2 amide bonds. The lowest BCUT2D eigenvalue weighted by Crippen LogP contribution is -2.34. The van der Waals surface area contributed by atoms with Gasteiger partial charge in [-0.3, -0.25) is 14.4 Å². The number of ether oxygens (including phenoxy) is 1. The Hall–Kier alpha value is -2.86. The third kappa shape index (κ3) is 6.22. The summed E-state index contributed by atoms with van der Waals surface area (Å²) in [6.07, 6.45) is 0. The zero-order valence-electron chi connectivity index (χ0n) is 14.3. The van der Waals surface area contributed by atoms with Crippen LogP contribution >= 0.6 is 11.6 Å². The van der Waals surface area contributed by atoms with Gasteiger partial charge in [-0.2, -0.15) is 0 Å². The molecule has 2 aromatic rings. The standard InChI is InChI=1S/C19H19ClN2O4/c1-22(12-14-5-3-2-4-6-14)17(23)13-26-18(24)11-21-19(25)15-7-9-16(20)10-8-15/h2-10H,11-13H2,1H3,(H,21,25). The molecule has 2 aromatic carbocycles. The number of benzene rings is 2. The largest absolute Gasteiger partial charge is 0.454 e. The summed E-state index contributed by atoms with van der Waals surface area (Å²) >= 11 is 5.75. The van der Waals surface area contributed by atoms with Gasteiger partial charge in [0.25, 0.3) is 11.8 Å². The molecule has 0 atom stereocenters. The van der Waals surface area contributed by atoms with E-state index in [1.165, 1.54) is 4.90 Å². The molecule has 0 radical (unpaired) electrons. The highest BCUT2D eigenvalue weighted by Crippen LogP contribution is 2.09. The Kier molecular flexibility index (Phi) is 7.17. The number of carbonyl (C=O) groups excluding carboxylic acids is 3. The number of hydrogen-bond acceptors (Lipinski definition) is 4. The van der Waals surface area contributed by atoms with Crippen molar-refractivity contribution in [3.8, 4) is 0 Å². The maximum absolute atomic E-state index is 12.0. The monoisotopic (exact) mass is 374 g/mol. The molecule has 1 N–H and O–H groups in total. The van der Waals surface area contributed by atoms with Crippen LogP contribution in [0.25, 0.3) is 0 Å². The Morgan fingerprint density at radius 1 is 1.04 bits per heavy atom. The van der Waals surface area contributed by atoms with Crippen molar-refractivity contribution < 1.29 is 19.1 Å². The minimum Gasteiger partial charge on any atom is -0.454 e. The van der Waals surface area contributed by atoms with Crippen molar-refractivity contribution in [1.82, 2.24) is 10.2 Å². The normalized spacial score (nSPS) is 10.1. The lowest BCUT2D eigenvalue weighted by Gasteiger charge is -2.17. The fourth-order valence-corrected chi connectivity index (χ4v) is 2.23. The molecule has 0 fully saturated rings. The van der Waals surface area contributed by atoms with Gasteiger partial charge in [-0.15, -0.1) is 0 Å². The van der Waals surface area contributed by atoms with Gasteiger partial charge in [-0.05, 0) is 29.8 Å². The van der Waals surface area contributed by atoms with E-state index < -0.39 is 11.9 Å². The summed E-state index contributed by atoms with van der Waals surface area (Å²) in [5.74, 6) is -1.44. The molecule has 0 saturated heterocycles. The van der Waals surface area contributed by atoms with E-state index in [0.717, 1.165) is 5.56 Å². The van der Waals surface area contributed by atoms with E-state index in [2.05, 4.69) is 5.32 Å². The van der Waals surface area contributed by atoms with Crippen LogP contribution in [0.3, 0.4) is 0 Å². The second kappa shape index (κ2) is 9.58. The van der Waals surface area contributed by atoms with Gasteiger partial charge in [-0.1, -0.05) is 41.9 Å². The van der Waals surface area contributed by atoms with Gasteiger partial charge in [0, 0.05) is 24.2 Å². The molecule has 26 heavy (non-hydrogen) atoms. The maximum Gasteiger partial charge on any atom is 0.325 e. The van der Waals surface area contributed by atoms with Crippen molar-refractivity contribution in [3.63, 3.8) is 0 Å². The van der Waals surface area contributed by atoms with E-state index in [9.17, 15) is 14.4 Å². The first-order valence-corrected chi connectivity index (χ1v) is 8.31. The van der Waals surface area contributed by atoms with E-state index in [-0.39, 0.29) is 19.1 Å². The summed E-state index contributed by atoms with van der Waals surface area (Å²) in [5, 5.41) is 2.94. The van der Waals surface area contributed by atoms with E-state index in [1.807, 2.05) is 30.3 Å². The second-order valence-corrected chi connectivity index (χ2v) is 6.02. The van der Waals surface area contributed by atoms with Gasteiger partial charge >= 0.3 is 5.97 Å². The van der Waals surface area contributed by atoms with Crippen molar-refractivity contribution in [2.24, 2.45) is 0 Å². The summed E-state index contributed by atoms with van der Waals surface area (Å²) in [5.41, 5.74) is 1.35. The Morgan fingerprint density at radius 3 is 2.35 bits per heavy atom. The van der Waals surface area contributed by atoms with Gasteiger partial charge < -0.3 is 15.0 Å². The average molecular weight is 375 g/mol. The maximum atomic E-state index is 12.0. The number of esters is 1. The summed E-state index contributed by atoms with van der Waals surface area (Å²) in [7, 11) is 1.63. The molecule has 0 aromatic heterocycles. The number of rotatable bonds is 7. The first kappa shape index (κ1) is 19.5. The summed E-state index contributed by atoms with van der Waals surface area (Å²) in [6.45, 7) is -0.277. The second-order valence-electron chi connectivity index (χ2n) is 5.59. The highest BCUT2D eigenvalue weighted by Gasteiger charge is 2.13. The van der Waals surface area contributed by atoms with E-state index in [1.54, 1.807) is 31.3 Å². The van der Waals surface area contributed by atoms with Gasteiger partial charge in [0.2, 0.25) is 0 Å². The molecule has 0 spiro atoms. The fourth-order valence-electron chi connectivity index (χ4n) is 2.10. The average Bonchev–Trinajstić information content (AvgIpc) is 2.65. The molecule has 0 aliphatic carbocycles. The van der Waals surface area contributed by atoms with Crippen LogP contribution in [0.15, 0.2) is 54.6 Å². The number of amides is 2. The number of nitrogens with zero attached hydrogens (tertiary/aromatic N) is 1. The van der Waals surface area contributed by atoms with Gasteiger partial charge in [0.1, 0.15) is 6.54 Å². The number of hydrogen-bond donors (Lipinski definition) is 1. The Bertz CT molecular complexity index is 763. The first-order chi connectivity index (χ1) is 12.5. The van der Waals surface area contributed by atoms with Crippen LogP contribution < -0.4 is 5.32 Å². The summed E-state index contributed by atoms with van der Waals surface area (Å²) in [6, 6.07) is 15.7. The van der Waals surface area contributed by atoms with Crippen LogP contribution in [0.1, 0.15) is 15.9 Å². The lowest BCUT2D eigenvalue weighted by atomic mass is 10.2. The molecule has 0 bridgehead atoms. The molecule has 0 heterocycles. The first-order valence-electron chi connectivity index (χ1n) is 7.93. The number of nitrogens with one attached hydrogen (secondary N) is 1. The molecule has 0 aliphatic rings.